The van der Waals surface area contributed by atoms with Gasteiger partial charge in [0.1, 0.15) is 5.82 Å². The van der Waals surface area contributed by atoms with Crippen LogP contribution in [0.15, 0.2) is 101 Å². The molecule has 0 fully saturated rings. The van der Waals surface area contributed by atoms with Crippen LogP contribution in [-0.4, -0.2) is 55.1 Å². The van der Waals surface area contributed by atoms with Crippen molar-refractivity contribution >= 4 is 33.8 Å². The van der Waals surface area contributed by atoms with Crippen LogP contribution < -0.4 is 4.90 Å². The normalized spacial score (nSPS) is 16.1. The molecule has 4 nitrogen and oxygen atoms in total. The summed E-state index contributed by atoms with van der Waals surface area (Å²) in [5, 5.41) is 1.09. The number of rotatable bonds is 9. The van der Waals surface area contributed by atoms with Gasteiger partial charge < -0.3 is 9.80 Å². The number of nitrogens with zero attached hydrogens (tertiary/aromatic N) is 4. The molecule has 0 atom stereocenters. The number of hydrogen-bond donors (Lipinski definition) is 0. The topological polar surface area (TPSA) is 22.1 Å². The summed E-state index contributed by atoms with van der Waals surface area (Å²) in [6, 6.07) is 26.3. The van der Waals surface area contributed by atoms with Crippen molar-refractivity contribution in [2.75, 3.05) is 45.2 Å². The van der Waals surface area contributed by atoms with Crippen molar-refractivity contribution in [3.05, 3.63) is 107 Å². The molecular weight excluding hydrogens is 508 g/mol. The molecule has 2 bridgehead atoms. The first-order chi connectivity index (χ1) is 19.5. The minimum Gasteiger partial charge on any atom is -0.358 e. The summed E-state index contributed by atoms with van der Waals surface area (Å²) in [6.07, 6.45) is 9.11. The van der Waals surface area contributed by atoms with Crippen LogP contribution in [0, 0.1) is 6.92 Å². The van der Waals surface area contributed by atoms with E-state index >= 15 is 0 Å². The average molecular weight is 551 g/mol. The van der Waals surface area contributed by atoms with Crippen molar-refractivity contribution < 1.29 is 0 Å². The smallest absolute Gasteiger partial charge is 0.114 e. The second kappa shape index (κ2) is 13.4. The molecule has 2 aliphatic heterocycles. The predicted molar refractivity (Wildman–Crippen MR) is 174 cm³/mol. The van der Waals surface area contributed by atoms with Gasteiger partial charge in [0.25, 0.3) is 0 Å². The largest absolute Gasteiger partial charge is 0.358 e. The van der Waals surface area contributed by atoms with E-state index in [0.29, 0.717) is 0 Å². The second-order valence-corrected chi connectivity index (χ2v) is 12.0. The van der Waals surface area contributed by atoms with Crippen LogP contribution in [0.25, 0.3) is 5.57 Å². The second-order valence-electron chi connectivity index (χ2n) is 10.9. The Morgan fingerprint density at radius 2 is 1.73 bits per heavy atom. The molecule has 0 saturated heterocycles. The highest BCUT2D eigenvalue weighted by molar-refractivity contribution is 8.14. The minimum absolute atomic E-state index is 0.852. The highest BCUT2D eigenvalue weighted by atomic mass is 32.2. The number of hydrogen-bond acceptors (Lipinski definition) is 5. The first-order valence-corrected chi connectivity index (χ1v) is 15.4. The first-order valence-electron chi connectivity index (χ1n) is 14.6. The maximum atomic E-state index is 5.10. The van der Waals surface area contributed by atoms with Crippen LogP contribution in [-0.2, 0) is 6.42 Å². The number of allylic oxidation sites excluding steroid dienone is 2. The van der Waals surface area contributed by atoms with E-state index in [0.717, 1.165) is 56.9 Å². The van der Waals surface area contributed by atoms with Gasteiger partial charge in [0.2, 0.25) is 0 Å². The van der Waals surface area contributed by atoms with Gasteiger partial charge in [0.15, 0.2) is 0 Å². The van der Waals surface area contributed by atoms with Gasteiger partial charge in [0.05, 0.1) is 10.7 Å². The van der Waals surface area contributed by atoms with Crippen LogP contribution >= 0.6 is 11.8 Å². The Bertz CT molecular complexity index is 1390. The van der Waals surface area contributed by atoms with Gasteiger partial charge in [-0.3, -0.25) is 9.89 Å². The molecule has 0 N–H and O–H groups in total. The Hall–Kier alpha value is -3.28. The molecule has 40 heavy (non-hydrogen) atoms. The fourth-order valence-electron chi connectivity index (χ4n) is 5.56. The molecule has 0 unspecified atom stereocenters. The molecule has 2 aliphatic rings. The fourth-order valence-corrected chi connectivity index (χ4v) is 6.56. The monoisotopic (exact) mass is 550 g/mol. The molecule has 0 aromatic heterocycles. The summed E-state index contributed by atoms with van der Waals surface area (Å²) in [5.74, 6) is 1.24. The number of benzene rings is 3. The maximum absolute atomic E-state index is 5.10. The van der Waals surface area contributed by atoms with Crippen molar-refractivity contribution in [1.29, 1.82) is 0 Å². The summed E-state index contributed by atoms with van der Waals surface area (Å²) in [4.78, 5) is 13.7. The summed E-state index contributed by atoms with van der Waals surface area (Å²) in [5.41, 5.74) is 7.73. The quantitative estimate of drug-likeness (QED) is 0.268. The van der Waals surface area contributed by atoms with E-state index < -0.39 is 0 Å². The van der Waals surface area contributed by atoms with Gasteiger partial charge in [0, 0.05) is 35.8 Å². The molecular formula is C35H42N4S. The number of aliphatic imine (C=N–C) groups is 1. The summed E-state index contributed by atoms with van der Waals surface area (Å²) in [6.45, 7) is 8.49. The lowest BCUT2D eigenvalue weighted by Crippen LogP contribution is -2.37. The molecule has 2 heterocycles. The van der Waals surface area contributed by atoms with Crippen LogP contribution in [0.5, 0.6) is 0 Å². The van der Waals surface area contributed by atoms with Gasteiger partial charge in [-0.15, -0.1) is 0 Å². The van der Waals surface area contributed by atoms with E-state index in [1.54, 1.807) is 0 Å². The number of aryl methyl sites for hydroxylation is 1. The van der Waals surface area contributed by atoms with Crippen LogP contribution in [0.4, 0.5) is 11.4 Å². The van der Waals surface area contributed by atoms with E-state index in [-0.39, 0.29) is 0 Å². The zero-order valence-electron chi connectivity index (χ0n) is 24.4. The standard InChI is InChI=1S/C35H42N4S/c1-5-22-38(24-13-23-37(3)4)35-26-29(25-34-36-21-12-15-28-14-11-20-33(40-34)27(28)2)31-18-9-10-19-32(31)39(35)30-16-7-6-8-17-30/h6-11,14,16-20,25-26H,5,12-13,15,21-24H2,1-4H3/b29-25+,36-34?. The number of anilines is 2. The number of para-hydroxylation sites is 2. The minimum atomic E-state index is 0.852. The third-order valence-electron chi connectivity index (χ3n) is 7.60. The van der Waals surface area contributed by atoms with Gasteiger partial charge in [-0.1, -0.05) is 67.2 Å². The van der Waals surface area contributed by atoms with Crippen LogP contribution in [0.2, 0.25) is 0 Å². The van der Waals surface area contributed by atoms with Crippen molar-refractivity contribution in [3.63, 3.8) is 0 Å². The predicted octanol–water partition coefficient (Wildman–Crippen LogP) is 8.17. The lowest BCUT2D eigenvalue weighted by Gasteiger charge is -2.40. The van der Waals surface area contributed by atoms with Gasteiger partial charge in [-0.25, -0.2) is 0 Å². The van der Waals surface area contributed by atoms with Gasteiger partial charge >= 0.3 is 0 Å². The lowest BCUT2D eigenvalue weighted by molar-refractivity contribution is 0.304. The Morgan fingerprint density at radius 1 is 0.925 bits per heavy atom. The molecule has 0 saturated carbocycles. The zero-order chi connectivity index (χ0) is 27.9. The van der Waals surface area contributed by atoms with E-state index in [9.17, 15) is 0 Å². The number of thioether (sulfide) groups is 1. The molecule has 5 rings (SSSR count). The van der Waals surface area contributed by atoms with Crippen molar-refractivity contribution in [3.8, 4) is 0 Å². The van der Waals surface area contributed by atoms with Gasteiger partial charge in [-0.2, -0.15) is 0 Å². The number of fused-ring (bicyclic) bond motifs is 3. The van der Waals surface area contributed by atoms with Crippen molar-refractivity contribution in [2.24, 2.45) is 4.99 Å². The summed E-state index contributed by atoms with van der Waals surface area (Å²) in [7, 11) is 4.31. The highest BCUT2D eigenvalue weighted by Crippen LogP contribution is 2.42. The molecule has 0 spiro atoms. The van der Waals surface area contributed by atoms with E-state index in [1.807, 2.05) is 11.8 Å². The Balaban J connectivity index is 1.61. The third-order valence-corrected chi connectivity index (χ3v) is 8.71. The fraction of sp³-hybridized carbons (Fsp3) is 0.343. The Labute approximate surface area is 245 Å². The Morgan fingerprint density at radius 3 is 2.52 bits per heavy atom. The van der Waals surface area contributed by atoms with E-state index in [2.05, 4.69) is 128 Å². The highest BCUT2D eigenvalue weighted by Gasteiger charge is 2.27. The van der Waals surface area contributed by atoms with Crippen LogP contribution in [0.3, 0.4) is 0 Å². The maximum Gasteiger partial charge on any atom is 0.114 e. The average Bonchev–Trinajstić information content (AvgIpc) is 2.99. The van der Waals surface area contributed by atoms with Crippen LogP contribution in [0.1, 0.15) is 42.9 Å². The van der Waals surface area contributed by atoms with Crippen molar-refractivity contribution in [2.45, 2.75) is 44.4 Å². The van der Waals surface area contributed by atoms with E-state index in [4.69, 9.17) is 4.99 Å². The van der Waals surface area contributed by atoms with Crippen molar-refractivity contribution in [1.82, 2.24) is 9.80 Å². The molecule has 0 aliphatic carbocycles. The lowest BCUT2D eigenvalue weighted by atomic mass is 9.97. The van der Waals surface area contributed by atoms with E-state index in [1.165, 1.54) is 44.4 Å². The van der Waals surface area contributed by atoms with Gasteiger partial charge in [-0.05, 0) is 106 Å². The summed E-state index contributed by atoms with van der Waals surface area (Å²) >= 11 is 1.81. The molecule has 0 radical (unpaired) electrons. The molecule has 208 valence electrons. The zero-order valence-corrected chi connectivity index (χ0v) is 25.3. The first kappa shape index (κ1) is 28.3. The molecule has 5 heteroatoms. The SMILES string of the molecule is CCCN(CCCN(C)C)C1=C/C(=C\C2=NCCCc3cccc(c3C)S2)c2ccccc2N1c1ccccc1. The third kappa shape index (κ3) is 6.54. The molecule has 3 aromatic carbocycles. The molecule has 3 aromatic rings. The molecule has 0 amide bonds. The Kier molecular flexibility index (Phi) is 9.45. The summed E-state index contributed by atoms with van der Waals surface area (Å²) < 4.78 is 0.